The van der Waals surface area contributed by atoms with E-state index in [2.05, 4.69) is 5.32 Å². The van der Waals surface area contributed by atoms with E-state index in [0.717, 1.165) is 6.07 Å². The van der Waals surface area contributed by atoms with Gasteiger partial charge in [-0.15, -0.1) is 0 Å². The summed E-state index contributed by atoms with van der Waals surface area (Å²) in [6.07, 6.45) is 0. The summed E-state index contributed by atoms with van der Waals surface area (Å²) in [5.41, 5.74) is 0.981. The van der Waals surface area contributed by atoms with Crippen LogP contribution in [0, 0.1) is 22.9 Å². The molecule has 0 aliphatic carbocycles. The molecule has 2 rings (SSSR count). The Labute approximate surface area is 114 Å². The molecular weight excluding hydrogens is 263 g/mol. The molecule has 0 aliphatic rings. The number of carbonyl (C=O) groups is 1. The topological polar surface area (TPSA) is 72.2 Å². The second-order valence-electron chi connectivity index (χ2n) is 4.22. The van der Waals surface area contributed by atoms with E-state index in [4.69, 9.17) is 0 Å². The van der Waals surface area contributed by atoms with Gasteiger partial charge in [0.1, 0.15) is 5.82 Å². The lowest BCUT2D eigenvalue weighted by atomic mass is 10.1. The minimum atomic E-state index is -0.527. The van der Waals surface area contributed by atoms with Gasteiger partial charge in [-0.3, -0.25) is 14.9 Å². The number of nitrogens with one attached hydrogen (secondary N) is 1. The Morgan fingerprint density at radius 2 is 1.85 bits per heavy atom. The average Bonchev–Trinajstić information content (AvgIpc) is 2.42. The van der Waals surface area contributed by atoms with Gasteiger partial charge >= 0.3 is 0 Å². The third-order valence-electron chi connectivity index (χ3n) is 2.77. The van der Waals surface area contributed by atoms with E-state index in [1.165, 1.54) is 36.4 Å². The highest BCUT2D eigenvalue weighted by Gasteiger charge is 2.10. The summed E-state index contributed by atoms with van der Waals surface area (Å²) < 4.78 is 13.4. The SMILES string of the molecule is Cc1ccc(C(=O)Nc2ccc([N+](=O)[O-])cc2)cc1F. The van der Waals surface area contributed by atoms with Crippen LogP contribution in [0.15, 0.2) is 42.5 Å². The molecule has 20 heavy (non-hydrogen) atoms. The van der Waals surface area contributed by atoms with E-state index in [-0.39, 0.29) is 11.3 Å². The summed E-state index contributed by atoms with van der Waals surface area (Å²) in [6.45, 7) is 1.60. The van der Waals surface area contributed by atoms with Gasteiger partial charge in [0.15, 0.2) is 0 Å². The standard InChI is InChI=1S/C14H11FN2O3/c1-9-2-3-10(8-13(9)15)14(18)16-11-4-6-12(7-5-11)17(19)20/h2-8H,1H3,(H,16,18). The third kappa shape index (κ3) is 2.97. The molecule has 6 heteroatoms. The Kier molecular flexibility index (Phi) is 3.74. The maximum atomic E-state index is 13.4. The van der Waals surface area contributed by atoms with Crippen molar-refractivity contribution in [2.75, 3.05) is 5.32 Å². The van der Waals surface area contributed by atoms with Crippen molar-refractivity contribution in [2.45, 2.75) is 6.92 Å². The number of nitrogens with zero attached hydrogens (tertiary/aromatic N) is 1. The van der Waals surface area contributed by atoms with Gasteiger partial charge in [0.25, 0.3) is 11.6 Å². The van der Waals surface area contributed by atoms with Gasteiger partial charge < -0.3 is 5.32 Å². The van der Waals surface area contributed by atoms with Crippen molar-refractivity contribution in [3.8, 4) is 0 Å². The number of amides is 1. The molecule has 0 fully saturated rings. The predicted octanol–water partition coefficient (Wildman–Crippen LogP) is 3.29. The molecule has 0 heterocycles. The van der Waals surface area contributed by atoms with Crippen molar-refractivity contribution < 1.29 is 14.1 Å². The van der Waals surface area contributed by atoms with Crippen LogP contribution < -0.4 is 5.32 Å². The zero-order valence-corrected chi connectivity index (χ0v) is 10.6. The first-order valence-corrected chi connectivity index (χ1v) is 5.79. The van der Waals surface area contributed by atoms with Crippen LogP contribution in [0.5, 0.6) is 0 Å². The van der Waals surface area contributed by atoms with E-state index in [9.17, 15) is 19.3 Å². The molecule has 1 N–H and O–H groups in total. The average molecular weight is 274 g/mol. The van der Waals surface area contributed by atoms with Crippen molar-refractivity contribution in [3.05, 3.63) is 69.5 Å². The zero-order chi connectivity index (χ0) is 14.7. The van der Waals surface area contributed by atoms with Crippen molar-refractivity contribution in [1.82, 2.24) is 0 Å². The molecule has 0 saturated carbocycles. The first-order chi connectivity index (χ1) is 9.47. The van der Waals surface area contributed by atoms with E-state index < -0.39 is 16.6 Å². The minimum absolute atomic E-state index is 0.0654. The van der Waals surface area contributed by atoms with Crippen molar-refractivity contribution in [2.24, 2.45) is 0 Å². The monoisotopic (exact) mass is 274 g/mol. The molecule has 102 valence electrons. The number of benzene rings is 2. The number of aryl methyl sites for hydroxylation is 1. The molecule has 0 spiro atoms. The molecule has 0 bridgehead atoms. The quantitative estimate of drug-likeness (QED) is 0.689. The Balaban J connectivity index is 2.14. The molecule has 2 aromatic carbocycles. The lowest BCUT2D eigenvalue weighted by molar-refractivity contribution is -0.384. The summed E-state index contributed by atoms with van der Waals surface area (Å²) in [5, 5.41) is 13.0. The first kappa shape index (κ1) is 13.7. The number of anilines is 1. The highest BCUT2D eigenvalue weighted by molar-refractivity contribution is 6.04. The summed E-state index contributed by atoms with van der Waals surface area (Å²) in [5.74, 6) is -0.931. The third-order valence-corrected chi connectivity index (χ3v) is 2.77. The zero-order valence-electron chi connectivity index (χ0n) is 10.6. The number of non-ortho nitro benzene ring substituents is 1. The second-order valence-corrected chi connectivity index (χ2v) is 4.22. The van der Waals surface area contributed by atoms with Gasteiger partial charge in [-0.2, -0.15) is 0 Å². The lowest BCUT2D eigenvalue weighted by Gasteiger charge is -2.06. The molecule has 0 saturated heterocycles. The molecule has 0 aromatic heterocycles. The number of nitro benzene ring substituents is 1. The van der Waals surface area contributed by atoms with Gasteiger partial charge in [0.2, 0.25) is 0 Å². The van der Waals surface area contributed by atoms with Crippen LogP contribution in [0.3, 0.4) is 0 Å². The summed E-state index contributed by atoms with van der Waals surface area (Å²) in [4.78, 5) is 21.9. The normalized spacial score (nSPS) is 10.1. The first-order valence-electron chi connectivity index (χ1n) is 5.79. The van der Waals surface area contributed by atoms with Crippen LogP contribution in [0.25, 0.3) is 0 Å². The van der Waals surface area contributed by atoms with Gasteiger partial charge in [0, 0.05) is 23.4 Å². The smallest absolute Gasteiger partial charge is 0.269 e. The fourth-order valence-corrected chi connectivity index (χ4v) is 1.60. The Hall–Kier alpha value is -2.76. The second kappa shape index (κ2) is 5.48. The largest absolute Gasteiger partial charge is 0.322 e. The van der Waals surface area contributed by atoms with Gasteiger partial charge in [-0.25, -0.2) is 4.39 Å². The van der Waals surface area contributed by atoms with Crippen LogP contribution in [0.4, 0.5) is 15.8 Å². The fraction of sp³-hybridized carbons (Fsp3) is 0.0714. The molecular formula is C14H11FN2O3. The number of hydrogen-bond donors (Lipinski definition) is 1. The number of halogens is 1. The highest BCUT2D eigenvalue weighted by atomic mass is 19.1. The summed E-state index contributed by atoms with van der Waals surface area (Å²) in [6, 6.07) is 9.58. The fourth-order valence-electron chi connectivity index (χ4n) is 1.60. The van der Waals surface area contributed by atoms with E-state index in [1.807, 2.05) is 0 Å². The van der Waals surface area contributed by atoms with Crippen molar-refractivity contribution >= 4 is 17.3 Å². The van der Waals surface area contributed by atoms with Crippen LogP contribution in [-0.4, -0.2) is 10.8 Å². The highest BCUT2D eigenvalue weighted by Crippen LogP contribution is 2.17. The molecule has 0 unspecified atom stereocenters. The predicted molar refractivity (Wildman–Crippen MR) is 72.2 cm³/mol. The number of carbonyl (C=O) groups excluding carboxylic acids is 1. The maximum absolute atomic E-state index is 13.4. The molecule has 5 nitrogen and oxygen atoms in total. The van der Waals surface area contributed by atoms with Crippen LogP contribution in [0.1, 0.15) is 15.9 Å². The van der Waals surface area contributed by atoms with Crippen LogP contribution in [-0.2, 0) is 0 Å². The number of hydrogen-bond acceptors (Lipinski definition) is 3. The summed E-state index contributed by atoms with van der Waals surface area (Å²) in [7, 11) is 0. The molecule has 1 amide bonds. The van der Waals surface area contributed by atoms with Gasteiger partial charge in [-0.05, 0) is 36.8 Å². The lowest BCUT2D eigenvalue weighted by Crippen LogP contribution is -2.12. The molecule has 2 aromatic rings. The van der Waals surface area contributed by atoms with Gasteiger partial charge in [0.05, 0.1) is 4.92 Å². The summed E-state index contributed by atoms with van der Waals surface area (Å²) >= 11 is 0. The minimum Gasteiger partial charge on any atom is -0.322 e. The van der Waals surface area contributed by atoms with Gasteiger partial charge in [-0.1, -0.05) is 6.07 Å². The number of rotatable bonds is 3. The van der Waals surface area contributed by atoms with Crippen LogP contribution >= 0.6 is 0 Å². The van der Waals surface area contributed by atoms with E-state index in [1.54, 1.807) is 6.92 Å². The Morgan fingerprint density at radius 1 is 1.20 bits per heavy atom. The van der Waals surface area contributed by atoms with Crippen molar-refractivity contribution in [3.63, 3.8) is 0 Å². The van der Waals surface area contributed by atoms with Crippen molar-refractivity contribution in [1.29, 1.82) is 0 Å². The maximum Gasteiger partial charge on any atom is 0.269 e. The Morgan fingerprint density at radius 3 is 2.40 bits per heavy atom. The van der Waals surface area contributed by atoms with E-state index in [0.29, 0.717) is 11.3 Å². The van der Waals surface area contributed by atoms with E-state index >= 15 is 0 Å². The Bertz CT molecular complexity index is 669. The number of nitro groups is 1. The van der Waals surface area contributed by atoms with Crippen LogP contribution in [0.2, 0.25) is 0 Å². The molecule has 0 atom stereocenters. The molecule has 0 aliphatic heterocycles. The molecule has 0 radical (unpaired) electrons.